The first-order valence-electron chi connectivity index (χ1n) is 6.42. The second-order valence-electron chi connectivity index (χ2n) is 4.03. The fourth-order valence-electron chi connectivity index (χ4n) is 1.72. The first-order valence-corrected chi connectivity index (χ1v) is 7.49. The third kappa shape index (κ3) is 4.95. The zero-order valence-corrected chi connectivity index (χ0v) is 12.4. The van der Waals surface area contributed by atoms with Gasteiger partial charge in [0.2, 0.25) is 0 Å². The monoisotopic (exact) mass is 289 g/mol. The van der Waals surface area contributed by atoms with Gasteiger partial charge in [-0.05, 0) is 18.6 Å². The van der Waals surface area contributed by atoms with Crippen molar-refractivity contribution in [1.82, 2.24) is 0 Å². The highest BCUT2D eigenvalue weighted by molar-refractivity contribution is 6.18. The van der Waals surface area contributed by atoms with Crippen molar-refractivity contribution in [2.24, 2.45) is 0 Å². The Labute approximate surface area is 120 Å². The number of anilines is 1. The molecule has 2 nitrogen and oxygen atoms in total. The van der Waals surface area contributed by atoms with E-state index < -0.39 is 0 Å². The number of hydrogen-bond acceptors (Lipinski definition) is 2. The molecule has 0 saturated carbocycles. The van der Waals surface area contributed by atoms with Crippen LogP contribution in [0.25, 0.3) is 0 Å². The van der Waals surface area contributed by atoms with Crippen LogP contribution in [-0.4, -0.2) is 31.5 Å². The lowest BCUT2D eigenvalue weighted by molar-refractivity contribution is 0.309. The van der Waals surface area contributed by atoms with E-state index in [9.17, 15) is 0 Å². The molecule has 0 heterocycles. The normalized spacial score (nSPS) is 10.4. The lowest BCUT2D eigenvalue weighted by Gasteiger charge is -2.25. The molecule has 0 spiro atoms. The molecule has 0 unspecified atom stereocenters. The standard InChI is InChI=1S/C14H21Cl2NO/c1-2-3-12-18-14-7-5-4-6-13(14)17(10-8-15)11-9-16/h4-7H,2-3,8-12H2,1H3. The Morgan fingerprint density at radius 1 is 1.11 bits per heavy atom. The second kappa shape index (κ2) is 9.35. The van der Waals surface area contributed by atoms with Gasteiger partial charge in [-0.25, -0.2) is 0 Å². The molecular formula is C14H21Cl2NO. The van der Waals surface area contributed by atoms with Crippen LogP contribution in [-0.2, 0) is 0 Å². The fraction of sp³-hybridized carbons (Fsp3) is 0.571. The molecule has 0 atom stereocenters. The lowest BCUT2D eigenvalue weighted by Crippen LogP contribution is -2.28. The van der Waals surface area contributed by atoms with Crippen LogP contribution in [0, 0.1) is 0 Å². The van der Waals surface area contributed by atoms with E-state index in [1.54, 1.807) is 0 Å². The summed E-state index contributed by atoms with van der Waals surface area (Å²) in [6.45, 7) is 4.47. The molecule has 18 heavy (non-hydrogen) atoms. The van der Waals surface area contributed by atoms with Gasteiger partial charge in [0, 0.05) is 24.8 Å². The van der Waals surface area contributed by atoms with Crippen LogP contribution in [0.2, 0.25) is 0 Å². The van der Waals surface area contributed by atoms with Gasteiger partial charge in [-0.3, -0.25) is 0 Å². The Morgan fingerprint density at radius 3 is 2.39 bits per heavy atom. The molecule has 102 valence electrons. The largest absolute Gasteiger partial charge is 0.491 e. The SMILES string of the molecule is CCCCOc1ccccc1N(CCCl)CCCl. The van der Waals surface area contributed by atoms with Crippen LogP contribution in [0.3, 0.4) is 0 Å². The smallest absolute Gasteiger partial charge is 0.142 e. The van der Waals surface area contributed by atoms with Gasteiger partial charge in [-0.15, -0.1) is 23.2 Å². The van der Waals surface area contributed by atoms with Gasteiger partial charge >= 0.3 is 0 Å². The highest BCUT2D eigenvalue weighted by Gasteiger charge is 2.10. The number of alkyl halides is 2. The van der Waals surface area contributed by atoms with Gasteiger partial charge < -0.3 is 9.64 Å². The number of benzene rings is 1. The van der Waals surface area contributed by atoms with E-state index >= 15 is 0 Å². The van der Waals surface area contributed by atoms with Crippen LogP contribution in [0.5, 0.6) is 5.75 Å². The molecule has 0 fully saturated rings. The van der Waals surface area contributed by atoms with E-state index in [0.717, 1.165) is 44.0 Å². The zero-order valence-electron chi connectivity index (χ0n) is 10.9. The summed E-state index contributed by atoms with van der Waals surface area (Å²) in [5, 5.41) is 0. The molecule has 0 bridgehead atoms. The van der Waals surface area contributed by atoms with Crippen molar-refractivity contribution in [3.63, 3.8) is 0 Å². The average molecular weight is 290 g/mol. The van der Waals surface area contributed by atoms with Gasteiger partial charge in [-0.2, -0.15) is 0 Å². The molecule has 0 radical (unpaired) electrons. The summed E-state index contributed by atoms with van der Waals surface area (Å²) in [5.74, 6) is 2.08. The maximum atomic E-state index is 5.84. The second-order valence-corrected chi connectivity index (χ2v) is 4.79. The van der Waals surface area contributed by atoms with Crippen molar-refractivity contribution >= 4 is 28.9 Å². The van der Waals surface area contributed by atoms with Crippen molar-refractivity contribution in [3.8, 4) is 5.75 Å². The summed E-state index contributed by atoms with van der Waals surface area (Å²) in [5.41, 5.74) is 1.08. The molecular weight excluding hydrogens is 269 g/mol. The summed E-state index contributed by atoms with van der Waals surface area (Å²) < 4.78 is 5.82. The average Bonchev–Trinajstić information content (AvgIpc) is 2.39. The number of halogens is 2. The van der Waals surface area contributed by atoms with Crippen molar-refractivity contribution in [1.29, 1.82) is 0 Å². The van der Waals surface area contributed by atoms with Crippen LogP contribution < -0.4 is 9.64 Å². The van der Waals surface area contributed by atoms with Gasteiger partial charge in [-0.1, -0.05) is 25.5 Å². The molecule has 0 aromatic heterocycles. The van der Waals surface area contributed by atoms with E-state index in [2.05, 4.69) is 17.9 Å². The zero-order chi connectivity index (χ0) is 13.2. The number of hydrogen-bond donors (Lipinski definition) is 0. The Morgan fingerprint density at radius 2 is 1.78 bits per heavy atom. The van der Waals surface area contributed by atoms with Crippen molar-refractivity contribution < 1.29 is 4.74 Å². The van der Waals surface area contributed by atoms with Crippen LogP contribution in [0.4, 0.5) is 5.69 Å². The lowest BCUT2D eigenvalue weighted by atomic mass is 10.2. The minimum Gasteiger partial charge on any atom is -0.491 e. The van der Waals surface area contributed by atoms with Gasteiger partial charge in [0.05, 0.1) is 12.3 Å². The molecule has 4 heteroatoms. The number of para-hydroxylation sites is 2. The Kier molecular flexibility index (Phi) is 8.03. The molecule has 0 aliphatic heterocycles. The van der Waals surface area contributed by atoms with E-state index in [-0.39, 0.29) is 0 Å². The Bertz CT molecular complexity index is 327. The highest BCUT2D eigenvalue weighted by Crippen LogP contribution is 2.28. The van der Waals surface area contributed by atoms with Gasteiger partial charge in [0.1, 0.15) is 5.75 Å². The third-order valence-corrected chi connectivity index (χ3v) is 3.01. The summed E-state index contributed by atoms with van der Waals surface area (Å²) in [6.07, 6.45) is 2.20. The molecule has 1 aromatic carbocycles. The highest BCUT2D eigenvalue weighted by atomic mass is 35.5. The summed E-state index contributed by atoms with van der Waals surface area (Å²) in [7, 11) is 0. The van der Waals surface area contributed by atoms with E-state index in [1.165, 1.54) is 0 Å². The Hall–Kier alpha value is -0.600. The predicted molar refractivity (Wildman–Crippen MR) is 80.5 cm³/mol. The third-order valence-electron chi connectivity index (χ3n) is 2.67. The first-order chi connectivity index (χ1) is 8.83. The van der Waals surface area contributed by atoms with E-state index in [0.29, 0.717) is 11.8 Å². The summed E-state index contributed by atoms with van der Waals surface area (Å²) in [4.78, 5) is 2.17. The summed E-state index contributed by atoms with van der Waals surface area (Å²) >= 11 is 11.7. The minimum absolute atomic E-state index is 0.584. The van der Waals surface area contributed by atoms with Crippen LogP contribution >= 0.6 is 23.2 Å². The maximum Gasteiger partial charge on any atom is 0.142 e. The molecule has 0 aliphatic rings. The molecule has 0 aliphatic carbocycles. The van der Waals surface area contributed by atoms with Gasteiger partial charge in [0.25, 0.3) is 0 Å². The predicted octanol–water partition coefficient (Wildman–Crippen LogP) is 4.15. The number of rotatable bonds is 9. The van der Waals surface area contributed by atoms with E-state index in [4.69, 9.17) is 27.9 Å². The van der Waals surface area contributed by atoms with Crippen molar-refractivity contribution in [2.75, 3.05) is 36.4 Å². The molecule has 1 rings (SSSR count). The van der Waals surface area contributed by atoms with Crippen molar-refractivity contribution in [3.05, 3.63) is 24.3 Å². The molecule has 0 amide bonds. The Balaban J connectivity index is 2.76. The van der Waals surface area contributed by atoms with Crippen LogP contribution in [0.15, 0.2) is 24.3 Å². The van der Waals surface area contributed by atoms with Gasteiger partial charge in [0.15, 0.2) is 0 Å². The molecule has 0 saturated heterocycles. The first kappa shape index (κ1) is 15.5. The fourth-order valence-corrected chi connectivity index (χ4v) is 2.13. The van der Waals surface area contributed by atoms with Crippen molar-refractivity contribution in [2.45, 2.75) is 19.8 Å². The topological polar surface area (TPSA) is 12.5 Å². The van der Waals surface area contributed by atoms with E-state index in [1.807, 2.05) is 18.2 Å². The number of unbranched alkanes of at least 4 members (excludes halogenated alkanes) is 1. The maximum absolute atomic E-state index is 5.84. The minimum atomic E-state index is 0.584. The molecule has 1 aromatic rings. The van der Waals surface area contributed by atoms with Crippen LogP contribution in [0.1, 0.15) is 19.8 Å². The quantitative estimate of drug-likeness (QED) is 0.500. The summed E-state index contributed by atoms with van der Waals surface area (Å²) in [6, 6.07) is 8.06. The number of ether oxygens (including phenoxy) is 1. The molecule has 0 N–H and O–H groups in total. The number of nitrogens with zero attached hydrogens (tertiary/aromatic N) is 1.